The zero-order chi connectivity index (χ0) is 15.9. The van der Waals surface area contributed by atoms with Crippen molar-refractivity contribution >= 4 is 16.9 Å². The van der Waals surface area contributed by atoms with E-state index in [2.05, 4.69) is 15.3 Å². The van der Waals surface area contributed by atoms with E-state index in [1.165, 1.54) is 6.33 Å². The van der Waals surface area contributed by atoms with Gasteiger partial charge in [0.25, 0.3) is 0 Å². The molecule has 3 heterocycles. The number of nitrogens with one attached hydrogen (secondary N) is 1. The fourth-order valence-corrected chi connectivity index (χ4v) is 2.38. The van der Waals surface area contributed by atoms with Gasteiger partial charge in [-0.15, -0.1) is 0 Å². The first kappa shape index (κ1) is 14.6. The van der Waals surface area contributed by atoms with E-state index < -0.39 is 5.60 Å². The van der Waals surface area contributed by atoms with Crippen LogP contribution < -0.4 is 5.32 Å². The van der Waals surface area contributed by atoms with Crippen molar-refractivity contribution < 1.29 is 13.9 Å². The highest BCUT2D eigenvalue weighted by atomic mass is 16.4. The van der Waals surface area contributed by atoms with Crippen molar-refractivity contribution in [1.29, 1.82) is 0 Å². The maximum Gasteiger partial charge on any atom is 0.231 e. The number of fused-ring (bicyclic) bond motifs is 1. The van der Waals surface area contributed by atoms with Crippen molar-refractivity contribution in [1.82, 2.24) is 9.97 Å². The van der Waals surface area contributed by atoms with E-state index in [9.17, 15) is 5.11 Å². The number of aromatic nitrogens is 2. The fourth-order valence-electron chi connectivity index (χ4n) is 2.38. The van der Waals surface area contributed by atoms with Crippen LogP contribution in [0.25, 0.3) is 11.1 Å². The minimum Gasteiger partial charge on any atom is -0.463 e. The lowest BCUT2D eigenvalue weighted by atomic mass is 10.0. The third-order valence-corrected chi connectivity index (χ3v) is 3.84. The first-order valence-corrected chi connectivity index (χ1v) is 7.12. The van der Waals surface area contributed by atoms with Crippen molar-refractivity contribution in [3.63, 3.8) is 0 Å². The van der Waals surface area contributed by atoms with Crippen LogP contribution in [0.4, 0.5) is 5.82 Å². The Morgan fingerprint density at radius 1 is 1.18 bits per heavy atom. The molecule has 116 valence electrons. The van der Waals surface area contributed by atoms with Gasteiger partial charge in [-0.05, 0) is 39.8 Å². The normalized spacial score (nSPS) is 14.2. The van der Waals surface area contributed by atoms with Crippen LogP contribution in [0.2, 0.25) is 0 Å². The Bertz CT molecular complexity index is 817. The molecular formula is C16H19N3O3. The Kier molecular flexibility index (Phi) is 3.41. The highest BCUT2D eigenvalue weighted by Gasteiger charge is 2.27. The number of nitrogens with zero attached hydrogens (tertiary/aromatic N) is 2. The van der Waals surface area contributed by atoms with E-state index in [1.54, 1.807) is 13.0 Å². The van der Waals surface area contributed by atoms with E-state index in [-0.39, 0.29) is 6.54 Å². The first-order valence-electron chi connectivity index (χ1n) is 7.12. The van der Waals surface area contributed by atoms with Crippen LogP contribution in [-0.2, 0) is 5.60 Å². The van der Waals surface area contributed by atoms with Crippen LogP contribution in [0.3, 0.4) is 0 Å². The number of rotatable bonds is 4. The first-order chi connectivity index (χ1) is 10.4. The molecule has 0 aliphatic rings. The molecule has 0 aliphatic carbocycles. The van der Waals surface area contributed by atoms with Crippen LogP contribution in [0, 0.1) is 20.8 Å². The molecule has 0 amide bonds. The molecule has 0 aromatic carbocycles. The van der Waals surface area contributed by atoms with Crippen molar-refractivity contribution in [3.8, 4) is 0 Å². The number of hydrogen-bond acceptors (Lipinski definition) is 6. The molecule has 0 saturated heterocycles. The average Bonchev–Trinajstić information content (AvgIpc) is 3.03. The summed E-state index contributed by atoms with van der Waals surface area (Å²) >= 11 is 0. The van der Waals surface area contributed by atoms with Gasteiger partial charge in [0, 0.05) is 5.56 Å². The summed E-state index contributed by atoms with van der Waals surface area (Å²) in [5.74, 6) is 2.73. The fraction of sp³-hybridized carbons (Fsp3) is 0.375. The predicted octanol–water partition coefficient (Wildman–Crippen LogP) is 3.06. The minimum absolute atomic E-state index is 0.260. The predicted molar refractivity (Wildman–Crippen MR) is 82.8 cm³/mol. The number of furan rings is 2. The zero-order valence-corrected chi connectivity index (χ0v) is 13.1. The lowest BCUT2D eigenvalue weighted by Crippen LogP contribution is -2.30. The van der Waals surface area contributed by atoms with E-state index in [1.807, 2.05) is 26.8 Å². The van der Waals surface area contributed by atoms with Crippen molar-refractivity contribution in [2.24, 2.45) is 0 Å². The summed E-state index contributed by atoms with van der Waals surface area (Å²) in [7, 11) is 0. The van der Waals surface area contributed by atoms with E-state index in [0.717, 1.165) is 22.5 Å². The monoisotopic (exact) mass is 301 g/mol. The molecule has 0 spiro atoms. The summed E-state index contributed by atoms with van der Waals surface area (Å²) in [6, 6.07) is 3.61. The summed E-state index contributed by atoms with van der Waals surface area (Å²) in [5.41, 5.74) is 0.394. The van der Waals surface area contributed by atoms with Gasteiger partial charge in [-0.2, -0.15) is 0 Å². The average molecular weight is 301 g/mol. The molecule has 3 aromatic rings. The van der Waals surface area contributed by atoms with Gasteiger partial charge in [-0.25, -0.2) is 9.97 Å². The Balaban J connectivity index is 1.88. The maximum atomic E-state index is 10.6. The lowest BCUT2D eigenvalue weighted by Gasteiger charge is -2.21. The molecule has 22 heavy (non-hydrogen) atoms. The Hall–Kier alpha value is -2.34. The molecule has 6 heteroatoms. The second-order valence-electron chi connectivity index (χ2n) is 5.72. The van der Waals surface area contributed by atoms with Crippen LogP contribution in [-0.4, -0.2) is 21.6 Å². The van der Waals surface area contributed by atoms with Crippen LogP contribution in [0.5, 0.6) is 0 Å². The van der Waals surface area contributed by atoms with Gasteiger partial charge >= 0.3 is 0 Å². The molecule has 3 aromatic heterocycles. The van der Waals surface area contributed by atoms with Crippen molar-refractivity contribution in [2.45, 2.75) is 33.3 Å². The third kappa shape index (κ3) is 2.46. The van der Waals surface area contributed by atoms with Crippen LogP contribution in [0.1, 0.15) is 29.8 Å². The summed E-state index contributed by atoms with van der Waals surface area (Å²) in [6.45, 7) is 7.66. The van der Waals surface area contributed by atoms with Crippen molar-refractivity contribution in [3.05, 3.63) is 41.3 Å². The van der Waals surface area contributed by atoms with Crippen LogP contribution in [0.15, 0.2) is 27.3 Å². The summed E-state index contributed by atoms with van der Waals surface area (Å²) in [6.07, 6.45) is 1.44. The highest BCUT2D eigenvalue weighted by molar-refractivity contribution is 5.89. The van der Waals surface area contributed by atoms with E-state index in [0.29, 0.717) is 17.3 Å². The molecule has 2 N–H and O–H groups in total. The number of hydrogen-bond donors (Lipinski definition) is 2. The van der Waals surface area contributed by atoms with E-state index in [4.69, 9.17) is 8.83 Å². The summed E-state index contributed by atoms with van der Waals surface area (Å²) < 4.78 is 11.1. The summed E-state index contributed by atoms with van der Waals surface area (Å²) in [4.78, 5) is 8.39. The van der Waals surface area contributed by atoms with Gasteiger partial charge < -0.3 is 19.3 Å². The molecule has 0 bridgehead atoms. The Morgan fingerprint density at radius 3 is 2.64 bits per heavy atom. The molecular weight excluding hydrogens is 282 g/mol. The number of aliphatic hydroxyl groups is 1. The topological polar surface area (TPSA) is 84.3 Å². The molecule has 0 aliphatic heterocycles. The molecule has 3 rings (SSSR count). The SMILES string of the molecule is Cc1ccc(C(C)(O)CNc2ncnc3oc(C)c(C)c23)o1. The number of aryl methyl sites for hydroxylation is 3. The quantitative estimate of drug-likeness (QED) is 0.770. The molecule has 1 atom stereocenters. The number of anilines is 1. The van der Waals surface area contributed by atoms with Gasteiger partial charge in [-0.3, -0.25) is 0 Å². The Labute approximate surface area is 128 Å². The largest absolute Gasteiger partial charge is 0.463 e. The smallest absolute Gasteiger partial charge is 0.231 e. The Morgan fingerprint density at radius 2 is 1.95 bits per heavy atom. The van der Waals surface area contributed by atoms with Gasteiger partial charge in [-0.1, -0.05) is 0 Å². The molecule has 0 saturated carbocycles. The lowest BCUT2D eigenvalue weighted by molar-refractivity contribution is 0.0467. The molecule has 0 radical (unpaired) electrons. The third-order valence-electron chi connectivity index (χ3n) is 3.84. The highest BCUT2D eigenvalue weighted by Crippen LogP contribution is 2.29. The second-order valence-corrected chi connectivity index (χ2v) is 5.72. The minimum atomic E-state index is -1.14. The molecule has 6 nitrogen and oxygen atoms in total. The van der Waals surface area contributed by atoms with E-state index >= 15 is 0 Å². The summed E-state index contributed by atoms with van der Waals surface area (Å²) in [5, 5.41) is 14.6. The van der Waals surface area contributed by atoms with Crippen LogP contribution >= 0.6 is 0 Å². The second kappa shape index (κ2) is 5.14. The standard InChI is InChI=1S/C16H19N3O3/c1-9-5-6-12(21-9)16(4,20)7-17-14-13-10(2)11(3)22-15(13)19-8-18-14/h5-6,8,20H,7H2,1-4H3,(H,17,18,19). The van der Waals surface area contributed by atoms with Gasteiger partial charge in [0.1, 0.15) is 35.0 Å². The maximum absolute atomic E-state index is 10.6. The van der Waals surface area contributed by atoms with Crippen molar-refractivity contribution in [2.75, 3.05) is 11.9 Å². The zero-order valence-electron chi connectivity index (χ0n) is 13.1. The molecule has 0 fully saturated rings. The van der Waals surface area contributed by atoms with Gasteiger partial charge in [0.2, 0.25) is 5.71 Å². The molecule has 1 unspecified atom stereocenters. The van der Waals surface area contributed by atoms with Gasteiger partial charge in [0.05, 0.1) is 11.9 Å². The van der Waals surface area contributed by atoms with Gasteiger partial charge in [0.15, 0.2) is 0 Å².